The van der Waals surface area contributed by atoms with Crippen molar-refractivity contribution in [2.45, 2.75) is 59.4 Å². The van der Waals surface area contributed by atoms with Gasteiger partial charge in [0.2, 0.25) is 5.91 Å². The highest BCUT2D eigenvalue weighted by atomic mass is 16.2. The Bertz CT molecular complexity index is 920. The normalized spacial score (nSPS) is 20.8. The van der Waals surface area contributed by atoms with Gasteiger partial charge in [0, 0.05) is 26.2 Å². The predicted molar refractivity (Wildman–Crippen MR) is 130 cm³/mol. The van der Waals surface area contributed by atoms with Crippen molar-refractivity contribution in [3.05, 3.63) is 47.0 Å². The first-order valence-corrected chi connectivity index (χ1v) is 12.1. The molecule has 172 valence electrons. The van der Waals surface area contributed by atoms with E-state index >= 15 is 0 Å². The maximum Gasteiger partial charge on any atom is 0.225 e. The van der Waals surface area contributed by atoms with Crippen LogP contribution in [0.2, 0.25) is 0 Å². The fourth-order valence-corrected chi connectivity index (χ4v) is 5.01. The summed E-state index contributed by atoms with van der Waals surface area (Å²) in [6.07, 6.45) is 4.34. The van der Waals surface area contributed by atoms with Gasteiger partial charge < -0.3 is 15.1 Å². The summed E-state index contributed by atoms with van der Waals surface area (Å²) in [6, 6.07) is 10.6. The molecule has 2 fully saturated rings. The quantitative estimate of drug-likeness (QED) is 0.753. The Balaban J connectivity index is 1.36. The number of nitrogens with one attached hydrogen (secondary N) is 1. The molecule has 6 heteroatoms. The van der Waals surface area contributed by atoms with Crippen LogP contribution in [-0.4, -0.2) is 42.3 Å². The van der Waals surface area contributed by atoms with E-state index in [9.17, 15) is 4.79 Å². The predicted octanol–water partition coefficient (Wildman–Crippen LogP) is 4.42. The average molecular weight is 436 g/mol. The first-order valence-electron chi connectivity index (χ1n) is 12.1. The number of anilines is 2. The van der Waals surface area contributed by atoms with Gasteiger partial charge in [0.05, 0.1) is 12.0 Å². The van der Waals surface area contributed by atoms with Gasteiger partial charge in [-0.05, 0) is 75.6 Å². The lowest BCUT2D eigenvalue weighted by Gasteiger charge is -2.34. The number of benzene rings is 1. The molecule has 0 spiro atoms. The number of hydrogen-bond acceptors (Lipinski definition) is 5. The second-order valence-corrected chi connectivity index (χ2v) is 9.79. The summed E-state index contributed by atoms with van der Waals surface area (Å²) in [6.45, 7) is 12.3. The molecule has 0 radical (unpaired) electrons. The molecular weight excluding hydrogens is 398 g/mol. The third kappa shape index (κ3) is 5.22. The molecule has 2 atom stereocenters. The van der Waals surface area contributed by atoms with Crippen LogP contribution in [0.5, 0.6) is 0 Å². The highest BCUT2D eigenvalue weighted by Crippen LogP contribution is 2.26. The monoisotopic (exact) mass is 435 g/mol. The van der Waals surface area contributed by atoms with E-state index in [0.717, 1.165) is 50.0 Å². The highest BCUT2D eigenvalue weighted by molar-refractivity contribution is 5.80. The minimum Gasteiger partial charge on any atom is -0.355 e. The van der Waals surface area contributed by atoms with Crippen molar-refractivity contribution in [2.75, 3.05) is 36.0 Å². The molecule has 1 N–H and O–H groups in total. The summed E-state index contributed by atoms with van der Waals surface area (Å²) in [5.74, 6) is 2.75. The molecule has 0 saturated carbocycles. The average Bonchev–Trinajstić information content (AvgIpc) is 2.79. The van der Waals surface area contributed by atoms with Crippen LogP contribution in [0.1, 0.15) is 62.3 Å². The van der Waals surface area contributed by atoms with E-state index in [1.54, 1.807) is 0 Å². The maximum absolute atomic E-state index is 13.0. The van der Waals surface area contributed by atoms with Gasteiger partial charge >= 0.3 is 0 Å². The molecule has 2 aromatic rings. The molecule has 4 rings (SSSR count). The van der Waals surface area contributed by atoms with E-state index < -0.39 is 0 Å². The van der Waals surface area contributed by atoms with Crippen LogP contribution in [0.4, 0.5) is 11.6 Å². The van der Waals surface area contributed by atoms with Crippen LogP contribution < -0.4 is 15.1 Å². The zero-order valence-electron chi connectivity index (χ0n) is 20.0. The second-order valence-electron chi connectivity index (χ2n) is 9.79. The number of hydrogen-bond donors (Lipinski definition) is 1. The summed E-state index contributed by atoms with van der Waals surface area (Å²) < 4.78 is 0. The van der Waals surface area contributed by atoms with Crippen LogP contribution in [0.15, 0.2) is 30.3 Å². The van der Waals surface area contributed by atoms with Crippen molar-refractivity contribution < 1.29 is 4.79 Å². The number of rotatable bonds is 5. The summed E-state index contributed by atoms with van der Waals surface area (Å²) in [7, 11) is 0. The maximum atomic E-state index is 13.0. The number of aromatic nitrogens is 2. The smallest absolute Gasteiger partial charge is 0.225 e. The number of carbonyl (C=O) groups is 1. The lowest BCUT2D eigenvalue weighted by molar-refractivity contribution is -0.125. The van der Waals surface area contributed by atoms with Crippen molar-refractivity contribution in [1.29, 1.82) is 0 Å². The summed E-state index contributed by atoms with van der Waals surface area (Å²) in [4.78, 5) is 17.6. The van der Waals surface area contributed by atoms with E-state index in [4.69, 9.17) is 0 Å². The third-order valence-electron chi connectivity index (χ3n) is 7.11. The first-order chi connectivity index (χ1) is 15.4. The molecule has 1 aromatic heterocycles. The minimum absolute atomic E-state index is 0.00446. The van der Waals surface area contributed by atoms with Gasteiger partial charge in [0.15, 0.2) is 11.6 Å². The minimum atomic E-state index is -0.0259. The Kier molecular flexibility index (Phi) is 6.97. The number of piperidine rings is 2. The van der Waals surface area contributed by atoms with Crippen LogP contribution in [-0.2, 0) is 4.79 Å². The number of carbonyl (C=O) groups excluding carboxylic acids is 1. The number of nitrogens with zero attached hydrogens (tertiary/aromatic N) is 4. The number of aryl methyl sites for hydroxylation is 2. The van der Waals surface area contributed by atoms with Gasteiger partial charge in [-0.25, -0.2) is 0 Å². The molecule has 1 amide bonds. The van der Waals surface area contributed by atoms with Crippen LogP contribution in [0, 0.1) is 25.7 Å². The van der Waals surface area contributed by atoms with Gasteiger partial charge in [-0.3, -0.25) is 4.79 Å². The molecule has 2 saturated heterocycles. The Morgan fingerprint density at radius 1 is 1.00 bits per heavy atom. The molecule has 3 heterocycles. The summed E-state index contributed by atoms with van der Waals surface area (Å²) in [5.41, 5.74) is 3.65. The van der Waals surface area contributed by atoms with Crippen molar-refractivity contribution >= 4 is 17.5 Å². The lowest BCUT2D eigenvalue weighted by atomic mass is 9.95. The molecule has 1 aromatic carbocycles. The standard InChI is InChI=1S/C26H37N5O/c1-18-11-14-30(15-12-18)24-9-10-25(29-28-24)31-13-5-6-22(17-31)26(32)27-21(4)23-8-7-19(2)16-20(23)3/h7-10,16,18,21-22H,5-6,11-15,17H2,1-4H3,(H,27,32)/t21-,22+/m1/s1. The van der Waals surface area contributed by atoms with Crippen molar-refractivity contribution in [3.63, 3.8) is 0 Å². The molecule has 0 unspecified atom stereocenters. The van der Waals surface area contributed by atoms with Crippen molar-refractivity contribution in [2.24, 2.45) is 11.8 Å². The van der Waals surface area contributed by atoms with Crippen LogP contribution >= 0.6 is 0 Å². The largest absolute Gasteiger partial charge is 0.355 e. The Morgan fingerprint density at radius 3 is 2.34 bits per heavy atom. The van der Waals surface area contributed by atoms with E-state index in [2.05, 4.69) is 83.3 Å². The fraction of sp³-hybridized carbons (Fsp3) is 0.577. The fourth-order valence-electron chi connectivity index (χ4n) is 5.01. The molecule has 2 aliphatic heterocycles. The van der Waals surface area contributed by atoms with Crippen molar-refractivity contribution in [1.82, 2.24) is 15.5 Å². The Hall–Kier alpha value is -2.63. The molecule has 0 bridgehead atoms. The highest BCUT2D eigenvalue weighted by Gasteiger charge is 2.28. The summed E-state index contributed by atoms with van der Waals surface area (Å²) >= 11 is 0. The molecular formula is C26H37N5O. The van der Waals surface area contributed by atoms with Gasteiger partial charge in [0.1, 0.15) is 0 Å². The van der Waals surface area contributed by atoms with Crippen LogP contribution in [0.3, 0.4) is 0 Å². The Labute approximate surface area is 192 Å². The third-order valence-corrected chi connectivity index (χ3v) is 7.11. The zero-order valence-corrected chi connectivity index (χ0v) is 20.0. The first kappa shape index (κ1) is 22.6. The number of amides is 1. The van der Waals surface area contributed by atoms with Gasteiger partial charge in [-0.2, -0.15) is 0 Å². The molecule has 32 heavy (non-hydrogen) atoms. The topological polar surface area (TPSA) is 61.4 Å². The van der Waals surface area contributed by atoms with E-state index in [1.165, 1.54) is 29.5 Å². The van der Waals surface area contributed by atoms with E-state index in [1.807, 2.05) is 0 Å². The zero-order chi connectivity index (χ0) is 22.7. The van der Waals surface area contributed by atoms with Crippen molar-refractivity contribution in [3.8, 4) is 0 Å². The molecule has 6 nitrogen and oxygen atoms in total. The Morgan fingerprint density at radius 2 is 1.69 bits per heavy atom. The SMILES string of the molecule is Cc1ccc([C@@H](C)NC(=O)[C@H]2CCCN(c3ccc(N4CCC(C)CC4)nn3)C2)c(C)c1. The van der Waals surface area contributed by atoms with Gasteiger partial charge in [-0.1, -0.05) is 30.7 Å². The van der Waals surface area contributed by atoms with Gasteiger partial charge in [0.25, 0.3) is 0 Å². The second kappa shape index (κ2) is 9.88. The van der Waals surface area contributed by atoms with Gasteiger partial charge in [-0.15, -0.1) is 10.2 Å². The van der Waals surface area contributed by atoms with E-state index in [-0.39, 0.29) is 17.9 Å². The molecule has 2 aliphatic rings. The summed E-state index contributed by atoms with van der Waals surface area (Å²) in [5, 5.41) is 12.3. The van der Waals surface area contributed by atoms with E-state index in [0.29, 0.717) is 6.54 Å². The van der Waals surface area contributed by atoms with Crippen LogP contribution in [0.25, 0.3) is 0 Å². The lowest BCUT2D eigenvalue weighted by Crippen LogP contribution is -2.44. The molecule has 0 aliphatic carbocycles.